The third-order valence-electron chi connectivity index (χ3n) is 4.50. The summed E-state index contributed by atoms with van der Waals surface area (Å²) in [5.74, 6) is -1.02. The summed E-state index contributed by atoms with van der Waals surface area (Å²) in [5, 5.41) is 2.28. The van der Waals surface area contributed by atoms with Gasteiger partial charge in [0.15, 0.2) is 0 Å². The Balaban J connectivity index is 0. The molecule has 0 saturated heterocycles. The SMILES string of the molecule is C.C.CC(C)(C)OC(=O)N[C@@H](COC(F)F)c1cccc(OC(F)(F)F)c1.N[C@@H](COC(F)F)c1cccc(OC(F)(F)F)c1. The van der Waals surface area contributed by atoms with E-state index >= 15 is 0 Å². The molecule has 2 rings (SSSR count). The molecule has 0 spiro atoms. The number of nitrogens with two attached hydrogens (primary N) is 1. The first-order valence-corrected chi connectivity index (χ1v) is 11.9. The van der Waals surface area contributed by atoms with Gasteiger partial charge in [-0.15, -0.1) is 26.3 Å². The highest BCUT2D eigenvalue weighted by atomic mass is 19.4. The lowest BCUT2D eigenvalue weighted by Gasteiger charge is -2.24. The van der Waals surface area contributed by atoms with Gasteiger partial charge in [0.05, 0.1) is 25.3 Å². The van der Waals surface area contributed by atoms with Crippen molar-refractivity contribution in [2.45, 2.75) is 79.3 Å². The molecule has 45 heavy (non-hydrogen) atoms. The maximum absolute atomic E-state index is 12.3. The largest absolute Gasteiger partial charge is 0.573 e. The van der Waals surface area contributed by atoms with E-state index in [-0.39, 0.29) is 26.0 Å². The van der Waals surface area contributed by atoms with E-state index in [1.165, 1.54) is 24.3 Å². The topological polar surface area (TPSA) is 101 Å². The highest BCUT2D eigenvalue weighted by Gasteiger charge is 2.32. The molecule has 2 atom stereocenters. The van der Waals surface area contributed by atoms with Gasteiger partial charge in [0, 0.05) is 0 Å². The van der Waals surface area contributed by atoms with Crippen molar-refractivity contribution in [2.75, 3.05) is 13.2 Å². The molecule has 3 N–H and O–H groups in total. The Bertz CT molecular complexity index is 1130. The van der Waals surface area contributed by atoms with Gasteiger partial charge in [-0.25, -0.2) is 4.79 Å². The second-order valence-corrected chi connectivity index (χ2v) is 9.23. The summed E-state index contributed by atoms with van der Waals surface area (Å²) in [6.07, 6.45) is -10.7. The predicted molar refractivity (Wildman–Crippen MR) is 143 cm³/mol. The Hall–Kier alpha value is -3.51. The van der Waals surface area contributed by atoms with Crippen molar-refractivity contribution in [3.05, 3.63) is 59.7 Å². The number of ether oxygens (including phenoxy) is 5. The van der Waals surface area contributed by atoms with Gasteiger partial charge < -0.3 is 34.7 Å². The van der Waals surface area contributed by atoms with E-state index < -0.39 is 74.4 Å². The van der Waals surface area contributed by atoms with Crippen LogP contribution in [0.2, 0.25) is 0 Å². The first-order valence-electron chi connectivity index (χ1n) is 11.9. The summed E-state index contributed by atoms with van der Waals surface area (Å²) >= 11 is 0. The van der Waals surface area contributed by atoms with Gasteiger partial charge in [-0.05, 0) is 56.2 Å². The number of halogens is 10. The van der Waals surface area contributed by atoms with Crippen LogP contribution in [-0.2, 0) is 14.2 Å². The molecule has 260 valence electrons. The van der Waals surface area contributed by atoms with Crippen molar-refractivity contribution in [3.8, 4) is 11.5 Å². The fourth-order valence-electron chi connectivity index (χ4n) is 2.98. The van der Waals surface area contributed by atoms with Gasteiger partial charge in [-0.3, -0.25) is 0 Å². The van der Waals surface area contributed by atoms with Crippen LogP contribution in [0.3, 0.4) is 0 Å². The number of hydrogen-bond acceptors (Lipinski definition) is 7. The number of carbonyl (C=O) groups excluding carboxylic acids is 1. The zero-order chi connectivity index (χ0) is 33.0. The van der Waals surface area contributed by atoms with Gasteiger partial charge in [-0.2, -0.15) is 17.6 Å². The van der Waals surface area contributed by atoms with E-state index in [4.69, 9.17) is 10.5 Å². The summed E-state index contributed by atoms with van der Waals surface area (Å²) in [4.78, 5) is 11.8. The van der Waals surface area contributed by atoms with Crippen LogP contribution in [-0.4, -0.2) is 50.9 Å². The van der Waals surface area contributed by atoms with E-state index in [2.05, 4.69) is 24.3 Å². The number of amides is 1. The lowest BCUT2D eigenvalue weighted by Crippen LogP contribution is -2.37. The van der Waals surface area contributed by atoms with Crippen LogP contribution in [0.15, 0.2) is 48.5 Å². The van der Waals surface area contributed by atoms with Crippen LogP contribution in [0.5, 0.6) is 11.5 Å². The summed E-state index contributed by atoms with van der Waals surface area (Å²) in [6.45, 7) is -2.50. The molecular formula is C27H36F10N2O6. The molecule has 8 nitrogen and oxygen atoms in total. The third-order valence-corrected chi connectivity index (χ3v) is 4.50. The van der Waals surface area contributed by atoms with E-state index in [1.54, 1.807) is 20.8 Å². The van der Waals surface area contributed by atoms with Gasteiger partial charge in [0.2, 0.25) is 0 Å². The second-order valence-electron chi connectivity index (χ2n) is 9.23. The van der Waals surface area contributed by atoms with Crippen molar-refractivity contribution >= 4 is 6.09 Å². The molecule has 0 fully saturated rings. The number of nitrogens with one attached hydrogen (secondary N) is 1. The maximum Gasteiger partial charge on any atom is 0.573 e. The van der Waals surface area contributed by atoms with E-state index in [9.17, 15) is 48.7 Å². The Morgan fingerprint density at radius 1 is 0.756 bits per heavy atom. The first-order chi connectivity index (χ1) is 19.6. The van der Waals surface area contributed by atoms with Crippen LogP contribution in [0.1, 0.15) is 58.8 Å². The molecule has 0 unspecified atom stereocenters. The molecule has 1 amide bonds. The summed E-state index contributed by atoms with van der Waals surface area (Å²) in [5.41, 5.74) is 4.92. The lowest BCUT2D eigenvalue weighted by molar-refractivity contribution is -0.275. The fourth-order valence-corrected chi connectivity index (χ4v) is 2.98. The zero-order valence-corrected chi connectivity index (χ0v) is 22.6. The number of rotatable bonds is 11. The van der Waals surface area contributed by atoms with Gasteiger partial charge in [0.25, 0.3) is 0 Å². The van der Waals surface area contributed by atoms with Gasteiger partial charge in [-0.1, -0.05) is 39.1 Å². The van der Waals surface area contributed by atoms with Crippen molar-refractivity contribution < 1.29 is 72.4 Å². The minimum atomic E-state index is -4.91. The number of carbonyl (C=O) groups is 1. The van der Waals surface area contributed by atoms with Gasteiger partial charge in [0.1, 0.15) is 17.1 Å². The molecule has 18 heteroatoms. The smallest absolute Gasteiger partial charge is 0.444 e. The van der Waals surface area contributed by atoms with E-state index in [0.717, 1.165) is 24.3 Å². The summed E-state index contributed by atoms with van der Waals surface area (Å²) in [7, 11) is 0. The molecule has 0 aliphatic carbocycles. The number of alkyl halides is 10. The van der Waals surface area contributed by atoms with Crippen molar-refractivity contribution in [1.82, 2.24) is 5.32 Å². The average Bonchev–Trinajstić information content (AvgIpc) is 2.82. The normalized spacial score (nSPS) is 13.0. The average molecular weight is 675 g/mol. The fraction of sp³-hybridized carbons (Fsp3) is 0.519. The zero-order valence-electron chi connectivity index (χ0n) is 22.6. The standard InChI is InChI=1S/C15H18F5NO4.C10H10F5NO2.2CH4/c1-14(2,3)25-13(22)21-11(8-23-12(16)17)9-5-4-6-10(7-9)24-15(18,19)20;11-9(12)17-5-8(16)6-2-1-3-7(4-6)18-10(13,14)15;;/h4-7,11-12H,8H2,1-3H3,(H,21,22);1-4,8-9H,5,16H2;2*1H4/t11-;8-;;/m00../s1. The molecule has 0 radical (unpaired) electrons. The van der Waals surface area contributed by atoms with Gasteiger partial charge >= 0.3 is 32.0 Å². The van der Waals surface area contributed by atoms with Crippen LogP contribution in [0.4, 0.5) is 48.7 Å². The summed E-state index contributed by atoms with van der Waals surface area (Å²) < 4.78 is 141. The predicted octanol–water partition coefficient (Wildman–Crippen LogP) is 8.49. The van der Waals surface area contributed by atoms with Crippen LogP contribution in [0, 0.1) is 0 Å². The molecule has 0 saturated carbocycles. The van der Waals surface area contributed by atoms with E-state index in [0.29, 0.717) is 0 Å². The Labute approximate surface area is 253 Å². The van der Waals surface area contributed by atoms with Crippen molar-refractivity contribution in [2.24, 2.45) is 5.73 Å². The Morgan fingerprint density at radius 3 is 1.60 bits per heavy atom. The molecule has 0 heterocycles. The molecule has 0 aliphatic heterocycles. The minimum absolute atomic E-state index is 0. The number of hydrogen-bond donors (Lipinski definition) is 2. The third kappa shape index (κ3) is 21.0. The second kappa shape index (κ2) is 19.1. The van der Waals surface area contributed by atoms with Crippen LogP contribution < -0.4 is 20.5 Å². The molecule has 2 aromatic carbocycles. The molecule has 2 aromatic rings. The number of alkyl carbamates (subject to hydrolysis) is 1. The van der Waals surface area contributed by atoms with E-state index in [1.807, 2.05) is 0 Å². The Morgan fingerprint density at radius 2 is 1.18 bits per heavy atom. The molecule has 0 aliphatic rings. The van der Waals surface area contributed by atoms with Crippen LogP contribution in [0.25, 0.3) is 0 Å². The quantitative estimate of drug-likeness (QED) is 0.231. The molecular weight excluding hydrogens is 638 g/mol. The van der Waals surface area contributed by atoms with Crippen molar-refractivity contribution in [1.29, 1.82) is 0 Å². The van der Waals surface area contributed by atoms with Crippen LogP contribution >= 0.6 is 0 Å². The minimum Gasteiger partial charge on any atom is -0.444 e. The molecule has 0 aromatic heterocycles. The highest BCUT2D eigenvalue weighted by Crippen LogP contribution is 2.27. The first kappa shape index (κ1) is 43.6. The lowest BCUT2D eigenvalue weighted by atomic mass is 10.1. The van der Waals surface area contributed by atoms with Crippen molar-refractivity contribution in [3.63, 3.8) is 0 Å². The summed E-state index contributed by atoms with van der Waals surface area (Å²) in [6, 6.07) is 7.20. The monoisotopic (exact) mass is 674 g/mol. The number of benzene rings is 2. The maximum atomic E-state index is 12.3. The highest BCUT2D eigenvalue weighted by molar-refractivity contribution is 5.68. The molecule has 0 bridgehead atoms. The Kier molecular flexibility index (Phi) is 18.5.